The maximum atomic E-state index is 4.68. The molecular formula is C17H30N4. The number of rotatable bonds is 5. The fourth-order valence-corrected chi connectivity index (χ4v) is 3.96. The van der Waals surface area contributed by atoms with E-state index in [1.54, 1.807) is 0 Å². The van der Waals surface area contributed by atoms with Crippen LogP contribution in [0.25, 0.3) is 0 Å². The Balaban J connectivity index is 1.59. The zero-order chi connectivity index (χ0) is 14.5. The van der Waals surface area contributed by atoms with E-state index < -0.39 is 0 Å². The monoisotopic (exact) mass is 290 g/mol. The lowest BCUT2D eigenvalue weighted by Gasteiger charge is -2.35. The maximum Gasteiger partial charge on any atom is 0.205 e. The van der Waals surface area contributed by atoms with Gasteiger partial charge in [-0.25, -0.2) is 4.98 Å². The lowest BCUT2D eigenvalue weighted by atomic mass is 9.93. The fourth-order valence-electron chi connectivity index (χ4n) is 3.96. The van der Waals surface area contributed by atoms with E-state index >= 15 is 0 Å². The molecule has 1 aromatic heterocycles. The first-order valence-corrected chi connectivity index (χ1v) is 8.81. The summed E-state index contributed by atoms with van der Waals surface area (Å²) in [5, 5.41) is 3.28. The van der Waals surface area contributed by atoms with Crippen molar-refractivity contribution in [2.75, 3.05) is 31.6 Å². The van der Waals surface area contributed by atoms with E-state index in [4.69, 9.17) is 0 Å². The Morgan fingerprint density at radius 1 is 1.14 bits per heavy atom. The summed E-state index contributed by atoms with van der Waals surface area (Å²) in [6.45, 7) is 3.51. The molecule has 0 radical (unpaired) electrons. The predicted octanol–water partition coefficient (Wildman–Crippen LogP) is 3.21. The van der Waals surface area contributed by atoms with Gasteiger partial charge in [0.15, 0.2) is 0 Å². The number of nitrogens with zero attached hydrogens (tertiary/aromatic N) is 3. The Kier molecular flexibility index (Phi) is 5.17. The molecule has 1 aliphatic carbocycles. The number of aromatic nitrogens is 2. The van der Waals surface area contributed by atoms with Gasteiger partial charge >= 0.3 is 0 Å². The average molecular weight is 290 g/mol. The lowest BCUT2D eigenvalue weighted by molar-refractivity contribution is 0.342. The van der Waals surface area contributed by atoms with E-state index in [-0.39, 0.29) is 0 Å². The first-order chi connectivity index (χ1) is 10.4. The minimum absolute atomic E-state index is 0.693. The molecule has 0 bridgehead atoms. The number of nitrogens with one attached hydrogen (secondary N) is 1. The molecule has 2 aliphatic rings. The van der Waals surface area contributed by atoms with Crippen LogP contribution in [0.3, 0.4) is 0 Å². The van der Waals surface area contributed by atoms with Gasteiger partial charge in [0, 0.05) is 31.5 Å². The molecule has 1 N–H and O–H groups in total. The van der Waals surface area contributed by atoms with Crippen LogP contribution >= 0.6 is 0 Å². The summed E-state index contributed by atoms with van der Waals surface area (Å²) in [4.78, 5) is 7.20. The molecule has 118 valence electrons. The van der Waals surface area contributed by atoms with Crippen molar-refractivity contribution in [2.24, 2.45) is 5.92 Å². The van der Waals surface area contributed by atoms with Crippen LogP contribution in [-0.2, 0) is 0 Å². The van der Waals surface area contributed by atoms with Gasteiger partial charge in [-0.05, 0) is 51.6 Å². The molecular weight excluding hydrogens is 260 g/mol. The highest BCUT2D eigenvalue weighted by molar-refractivity contribution is 5.32. The number of piperidine rings is 1. The second kappa shape index (κ2) is 7.30. The maximum absolute atomic E-state index is 4.68. The number of anilines is 1. The molecule has 1 aliphatic heterocycles. The van der Waals surface area contributed by atoms with E-state index in [2.05, 4.69) is 33.0 Å². The minimum atomic E-state index is 0.693. The highest BCUT2D eigenvalue weighted by Gasteiger charge is 2.24. The Morgan fingerprint density at radius 2 is 1.90 bits per heavy atom. The first kappa shape index (κ1) is 14.9. The molecule has 0 spiro atoms. The van der Waals surface area contributed by atoms with Crippen molar-refractivity contribution in [1.82, 2.24) is 14.9 Å². The van der Waals surface area contributed by atoms with Crippen molar-refractivity contribution >= 4 is 5.95 Å². The SMILES string of the molecule is CNCCC1CCN(c2nccn2C2CCCCC2)CC1. The van der Waals surface area contributed by atoms with Gasteiger partial charge in [-0.2, -0.15) is 0 Å². The molecule has 0 atom stereocenters. The van der Waals surface area contributed by atoms with Gasteiger partial charge < -0.3 is 14.8 Å². The van der Waals surface area contributed by atoms with Gasteiger partial charge in [0.25, 0.3) is 0 Å². The van der Waals surface area contributed by atoms with Gasteiger partial charge in [0.1, 0.15) is 0 Å². The number of imidazole rings is 1. The normalized spacial score (nSPS) is 21.9. The minimum Gasteiger partial charge on any atom is -0.342 e. The van der Waals surface area contributed by atoms with Gasteiger partial charge in [0.05, 0.1) is 0 Å². The molecule has 0 amide bonds. The summed E-state index contributed by atoms with van der Waals surface area (Å²) >= 11 is 0. The molecule has 0 aromatic carbocycles. The van der Waals surface area contributed by atoms with Crippen LogP contribution in [0.4, 0.5) is 5.95 Å². The van der Waals surface area contributed by atoms with Crippen molar-refractivity contribution in [3.63, 3.8) is 0 Å². The van der Waals surface area contributed by atoms with E-state index in [0.717, 1.165) is 12.5 Å². The molecule has 2 fully saturated rings. The predicted molar refractivity (Wildman–Crippen MR) is 87.8 cm³/mol. The third-order valence-electron chi connectivity index (χ3n) is 5.32. The van der Waals surface area contributed by atoms with E-state index in [9.17, 15) is 0 Å². The highest BCUT2D eigenvalue weighted by atomic mass is 15.3. The second-order valence-electron chi connectivity index (χ2n) is 6.75. The van der Waals surface area contributed by atoms with Crippen LogP contribution in [0.1, 0.15) is 57.4 Å². The molecule has 2 heterocycles. The van der Waals surface area contributed by atoms with Crippen LogP contribution in [0, 0.1) is 5.92 Å². The smallest absolute Gasteiger partial charge is 0.205 e. The zero-order valence-corrected chi connectivity index (χ0v) is 13.4. The van der Waals surface area contributed by atoms with E-state index in [1.165, 1.54) is 70.4 Å². The molecule has 4 heteroatoms. The molecule has 21 heavy (non-hydrogen) atoms. The Labute approximate surface area is 128 Å². The average Bonchev–Trinajstić information content (AvgIpc) is 3.04. The van der Waals surface area contributed by atoms with Crippen LogP contribution < -0.4 is 10.2 Å². The topological polar surface area (TPSA) is 33.1 Å². The standard InChI is InChI=1S/C17H30N4/c1-18-10-7-15-8-12-20(13-9-15)17-19-11-14-21(17)16-5-3-2-4-6-16/h11,14-16,18H,2-10,12-13H2,1H3. The Hall–Kier alpha value is -1.03. The Morgan fingerprint density at radius 3 is 2.62 bits per heavy atom. The van der Waals surface area contributed by atoms with Crippen LogP contribution in [0.5, 0.6) is 0 Å². The van der Waals surface area contributed by atoms with Crippen molar-refractivity contribution in [3.05, 3.63) is 12.4 Å². The molecule has 4 nitrogen and oxygen atoms in total. The van der Waals surface area contributed by atoms with Crippen LogP contribution in [0.2, 0.25) is 0 Å². The van der Waals surface area contributed by atoms with Gasteiger partial charge in [-0.15, -0.1) is 0 Å². The molecule has 3 rings (SSSR count). The van der Waals surface area contributed by atoms with Crippen LogP contribution in [-0.4, -0.2) is 36.2 Å². The summed E-state index contributed by atoms with van der Waals surface area (Å²) in [5.41, 5.74) is 0. The summed E-state index contributed by atoms with van der Waals surface area (Å²) in [5.74, 6) is 2.13. The van der Waals surface area contributed by atoms with Crippen molar-refractivity contribution in [1.29, 1.82) is 0 Å². The molecule has 0 unspecified atom stereocenters. The van der Waals surface area contributed by atoms with Gasteiger partial charge in [-0.3, -0.25) is 0 Å². The van der Waals surface area contributed by atoms with Gasteiger partial charge in [-0.1, -0.05) is 19.3 Å². The number of hydrogen-bond donors (Lipinski definition) is 1. The zero-order valence-electron chi connectivity index (χ0n) is 13.4. The number of hydrogen-bond acceptors (Lipinski definition) is 3. The third kappa shape index (κ3) is 3.60. The van der Waals surface area contributed by atoms with Crippen molar-refractivity contribution in [2.45, 2.75) is 57.4 Å². The van der Waals surface area contributed by atoms with E-state index in [1.807, 2.05) is 6.20 Å². The largest absolute Gasteiger partial charge is 0.342 e. The summed E-state index contributed by atoms with van der Waals surface area (Å²) in [7, 11) is 2.05. The quantitative estimate of drug-likeness (QED) is 0.904. The van der Waals surface area contributed by atoms with Crippen LogP contribution in [0.15, 0.2) is 12.4 Å². The Bertz CT molecular complexity index is 414. The molecule has 1 saturated heterocycles. The summed E-state index contributed by atoms with van der Waals surface area (Å²) in [6.07, 6.45) is 15.0. The highest BCUT2D eigenvalue weighted by Crippen LogP contribution is 2.32. The van der Waals surface area contributed by atoms with E-state index in [0.29, 0.717) is 6.04 Å². The van der Waals surface area contributed by atoms with Crippen molar-refractivity contribution < 1.29 is 0 Å². The fraction of sp³-hybridized carbons (Fsp3) is 0.824. The lowest BCUT2D eigenvalue weighted by Crippen LogP contribution is -2.36. The van der Waals surface area contributed by atoms with Crippen molar-refractivity contribution in [3.8, 4) is 0 Å². The molecule has 1 aromatic rings. The third-order valence-corrected chi connectivity index (χ3v) is 5.32. The summed E-state index contributed by atoms with van der Waals surface area (Å²) in [6, 6.07) is 0.693. The first-order valence-electron chi connectivity index (χ1n) is 8.81. The summed E-state index contributed by atoms with van der Waals surface area (Å²) < 4.78 is 2.47. The second-order valence-corrected chi connectivity index (χ2v) is 6.75. The van der Waals surface area contributed by atoms with Gasteiger partial charge in [0.2, 0.25) is 5.95 Å². The molecule has 1 saturated carbocycles.